The van der Waals surface area contributed by atoms with Gasteiger partial charge in [0, 0.05) is 37.2 Å². The molecule has 1 spiro atoms. The summed E-state index contributed by atoms with van der Waals surface area (Å²) in [5.74, 6) is 0.291. The molecule has 0 bridgehead atoms. The summed E-state index contributed by atoms with van der Waals surface area (Å²) in [6.07, 6.45) is 2.82. The number of benzene rings is 2. The Morgan fingerprint density at radius 3 is 2.39 bits per heavy atom. The highest BCUT2D eigenvalue weighted by Crippen LogP contribution is 2.35. The standard InChI is InChI=1S/C25H30N4OS/c1-4-19-7-11-21(12-8-19)26-22(30)17-31-24-23(20-9-5-18(2)6-10-20)27-25(28-24)13-15-29(3)16-14-25/h5-12H,4,13-17H2,1-3H3,(H,26,30). The molecule has 6 heteroatoms. The third kappa shape index (κ3) is 5.25. The molecule has 0 aromatic heterocycles. The number of amides is 1. The Morgan fingerprint density at radius 1 is 1.06 bits per heavy atom. The van der Waals surface area contributed by atoms with Gasteiger partial charge in [0.15, 0.2) is 5.66 Å². The number of nitrogens with zero attached hydrogens (tertiary/aromatic N) is 3. The molecule has 4 rings (SSSR count). The predicted molar refractivity (Wildman–Crippen MR) is 132 cm³/mol. The molecule has 1 fully saturated rings. The number of aliphatic imine (C=N–C) groups is 2. The quantitative estimate of drug-likeness (QED) is 0.751. The van der Waals surface area contributed by atoms with Gasteiger partial charge in [0.05, 0.1) is 11.5 Å². The summed E-state index contributed by atoms with van der Waals surface area (Å²) in [6, 6.07) is 16.4. The van der Waals surface area contributed by atoms with E-state index in [1.165, 1.54) is 22.9 Å². The van der Waals surface area contributed by atoms with Gasteiger partial charge in [-0.1, -0.05) is 60.6 Å². The fourth-order valence-electron chi connectivity index (χ4n) is 3.88. The van der Waals surface area contributed by atoms with Crippen LogP contribution in [-0.2, 0) is 11.2 Å². The van der Waals surface area contributed by atoms with E-state index >= 15 is 0 Å². The molecule has 0 atom stereocenters. The lowest BCUT2D eigenvalue weighted by Crippen LogP contribution is -2.39. The van der Waals surface area contributed by atoms with E-state index in [4.69, 9.17) is 9.98 Å². The topological polar surface area (TPSA) is 57.1 Å². The van der Waals surface area contributed by atoms with Crippen molar-refractivity contribution in [3.8, 4) is 0 Å². The molecule has 1 N–H and O–H groups in total. The average Bonchev–Trinajstić information content (AvgIpc) is 3.14. The summed E-state index contributed by atoms with van der Waals surface area (Å²) in [5.41, 5.74) is 4.93. The molecule has 2 heterocycles. The Bertz CT molecular complexity index is 987. The first-order valence-electron chi connectivity index (χ1n) is 10.9. The summed E-state index contributed by atoms with van der Waals surface area (Å²) in [4.78, 5) is 25.1. The van der Waals surface area contributed by atoms with Crippen molar-refractivity contribution in [2.75, 3.05) is 31.2 Å². The highest BCUT2D eigenvalue weighted by Gasteiger charge is 2.39. The minimum Gasteiger partial charge on any atom is -0.325 e. The molecule has 1 amide bonds. The highest BCUT2D eigenvalue weighted by atomic mass is 32.2. The van der Waals surface area contributed by atoms with Crippen LogP contribution in [0.15, 0.2) is 58.5 Å². The smallest absolute Gasteiger partial charge is 0.234 e. The van der Waals surface area contributed by atoms with Crippen LogP contribution in [0.1, 0.15) is 36.5 Å². The van der Waals surface area contributed by atoms with Crippen molar-refractivity contribution < 1.29 is 4.79 Å². The lowest BCUT2D eigenvalue weighted by Gasteiger charge is -2.33. The number of anilines is 1. The summed E-state index contributed by atoms with van der Waals surface area (Å²) < 4.78 is 0. The zero-order chi connectivity index (χ0) is 21.8. The molecule has 2 aliphatic heterocycles. The van der Waals surface area contributed by atoms with Gasteiger partial charge in [0.2, 0.25) is 5.91 Å². The lowest BCUT2D eigenvalue weighted by molar-refractivity contribution is -0.113. The number of nitrogens with one attached hydrogen (secondary N) is 1. The Balaban J connectivity index is 1.48. The maximum atomic E-state index is 12.6. The van der Waals surface area contributed by atoms with E-state index in [0.717, 1.165) is 54.4 Å². The third-order valence-corrected chi connectivity index (χ3v) is 6.90. The Labute approximate surface area is 189 Å². The van der Waals surface area contributed by atoms with Crippen molar-refractivity contribution in [1.82, 2.24) is 4.90 Å². The number of rotatable bonds is 5. The Kier molecular flexibility index (Phi) is 6.58. The minimum atomic E-state index is -0.373. The highest BCUT2D eigenvalue weighted by molar-refractivity contribution is 8.16. The number of piperidine rings is 1. The van der Waals surface area contributed by atoms with Crippen LogP contribution in [0.2, 0.25) is 0 Å². The zero-order valence-electron chi connectivity index (χ0n) is 18.5. The van der Waals surface area contributed by atoms with Crippen LogP contribution in [0, 0.1) is 6.92 Å². The number of aryl methyl sites for hydroxylation is 2. The largest absolute Gasteiger partial charge is 0.325 e. The molecule has 31 heavy (non-hydrogen) atoms. The number of hydrogen-bond donors (Lipinski definition) is 1. The van der Waals surface area contributed by atoms with Gasteiger partial charge in [-0.3, -0.25) is 9.79 Å². The van der Waals surface area contributed by atoms with Gasteiger partial charge in [0.1, 0.15) is 5.04 Å². The van der Waals surface area contributed by atoms with Crippen LogP contribution in [0.4, 0.5) is 5.69 Å². The molecule has 1 saturated heterocycles. The lowest BCUT2D eigenvalue weighted by atomic mass is 9.99. The van der Waals surface area contributed by atoms with Crippen molar-refractivity contribution in [1.29, 1.82) is 0 Å². The summed E-state index contributed by atoms with van der Waals surface area (Å²) in [6.45, 7) is 6.18. The molecule has 0 saturated carbocycles. The first kappa shape index (κ1) is 21.8. The minimum absolute atomic E-state index is 0.0236. The first-order chi connectivity index (χ1) is 15.0. The van der Waals surface area contributed by atoms with Crippen molar-refractivity contribution >= 4 is 34.1 Å². The van der Waals surface area contributed by atoms with E-state index in [0.29, 0.717) is 5.75 Å². The maximum absolute atomic E-state index is 12.6. The normalized spacial score (nSPS) is 18.0. The predicted octanol–water partition coefficient (Wildman–Crippen LogP) is 4.55. The third-order valence-electron chi connectivity index (χ3n) is 5.93. The second-order valence-corrected chi connectivity index (χ2v) is 9.38. The summed E-state index contributed by atoms with van der Waals surface area (Å²) >= 11 is 1.49. The van der Waals surface area contributed by atoms with Crippen LogP contribution in [0.3, 0.4) is 0 Å². The van der Waals surface area contributed by atoms with Gasteiger partial charge in [-0.05, 0) is 38.1 Å². The van der Waals surface area contributed by atoms with Crippen molar-refractivity contribution in [2.45, 2.75) is 38.8 Å². The van der Waals surface area contributed by atoms with Gasteiger partial charge in [-0.25, -0.2) is 4.99 Å². The number of carbonyl (C=O) groups is 1. The van der Waals surface area contributed by atoms with Crippen LogP contribution >= 0.6 is 11.8 Å². The summed E-state index contributed by atoms with van der Waals surface area (Å²) in [5, 5.41) is 3.87. The number of hydrogen-bond acceptors (Lipinski definition) is 5. The molecular formula is C25H30N4OS. The van der Waals surface area contributed by atoms with E-state index < -0.39 is 0 Å². The van der Waals surface area contributed by atoms with E-state index in [2.05, 4.69) is 67.5 Å². The fourth-order valence-corrected chi connectivity index (χ4v) is 4.75. The van der Waals surface area contributed by atoms with Crippen LogP contribution in [0.25, 0.3) is 0 Å². The Morgan fingerprint density at radius 2 is 1.74 bits per heavy atom. The molecule has 2 aliphatic rings. The van der Waals surface area contributed by atoms with E-state index in [1.807, 2.05) is 12.1 Å². The molecular weight excluding hydrogens is 404 g/mol. The van der Waals surface area contributed by atoms with Crippen molar-refractivity contribution in [3.05, 3.63) is 65.2 Å². The van der Waals surface area contributed by atoms with Crippen LogP contribution in [0.5, 0.6) is 0 Å². The summed E-state index contributed by atoms with van der Waals surface area (Å²) in [7, 11) is 2.14. The monoisotopic (exact) mass is 434 g/mol. The molecule has 2 aromatic rings. The van der Waals surface area contributed by atoms with Gasteiger partial charge >= 0.3 is 0 Å². The van der Waals surface area contributed by atoms with Gasteiger partial charge in [-0.2, -0.15) is 0 Å². The number of thioether (sulfide) groups is 1. The number of likely N-dealkylation sites (tertiary alicyclic amines) is 1. The van der Waals surface area contributed by atoms with Crippen molar-refractivity contribution in [2.24, 2.45) is 9.98 Å². The van der Waals surface area contributed by atoms with E-state index in [9.17, 15) is 4.79 Å². The van der Waals surface area contributed by atoms with Gasteiger partial charge in [0.25, 0.3) is 0 Å². The second kappa shape index (κ2) is 9.37. The first-order valence-corrected chi connectivity index (χ1v) is 11.9. The average molecular weight is 435 g/mol. The number of carbonyl (C=O) groups excluding carboxylic acids is 1. The van der Waals surface area contributed by atoms with E-state index in [1.54, 1.807) is 0 Å². The molecule has 162 valence electrons. The molecule has 0 aliphatic carbocycles. The van der Waals surface area contributed by atoms with Crippen molar-refractivity contribution in [3.63, 3.8) is 0 Å². The SMILES string of the molecule is CCc1ccc(NC(=O)CSC2=NC3(CCN(C)CC3)N=C2c2ccc(C)cc2)cc1. The molecule has 0 radical (unpaired) electrons. The van der Waals surface area contributed by atoms with Gasteiger partial charge in [-0.15, -0.1) is 0 Å². The Hall–Kier alpha value is -2.44. The zero-order valence-corrected chi connectivity index (χ0v) is 19.3. The van der Waals surface area contributed by atoms with Crippen LogP contribution < -0.4 is 5.32 Å². The molecule has 2 aromatic carbocycles. The van der Waals surface area contributed by atoms with Gasteiger partial charge < -0.3 is 10.2 Å². The second-order valence-electron chi connectivity index (χ2n) is 8.42. The fraction of sp³-hybridized carbons (Fsp3) is 0.400. The maximum Gasteiger partial charge on any atom is 0.234 e. The molecule has 5 nitrogen and oxygen atoms in total. The van der Waals surface area contributed by atoms with E-state index in [-0.39, 0.29) is 11.6 Å². The van der Waals surface area contributed by atoms with Crippen LogP contribution in [-0.4, -0.2) is 53.1 Å². The molecule has 0 unspecified atom stereocenters.